The Kier molecular flexibility index (Phi) is 45.8. The maximum Gasteiger partial charge on any atom is 0.340 e. The molecule has 4 unspecified atom stereocenters. The number of carboxylic acids is 8. The SMILES string of the molecule is CCN(CC(=O)[O-])C(CCCCNC(=O)Cc1c(C)c2cc(F)c(O)c(F)c2oc1=O)C(=O)[O-].CCN(CC(=O)[O-])C(CCCCNC(=O)Cc1c(C)c2cc(SOO[O-])c(N)cc2oc1=O)C(=O)[O-].CCN(CC(=O)[O-])C(CCCCNC(=O)Cc1c(C)c2ccc(O)cc2oc1=O)C(=O)[O-].CCN(CC(=O)[O-])C(CCCCNC(=O)Cc1cc(=O)oc2cc(N(C)C)ccc12)C(=O)[O-]. The highest BCUT2D eigenvalue weighted by Gasteiger charge is 2.27. The molecule has 738 valence electrons. The molecule has 43 nitrogen and oxygen atoms in total. The summed E-state index contributed by atoms with van der Waals surface area (Å²) in [5.74, 6) is -16.6. The molecule has 135 heavy (non-hydrogen) atoms. The number of anilines is 2. The Bertz CT molecular complexity index is 5790. The van der Waals surface area contributed by atoms with Crippen molar-refractivity contribution in [3.05, 3.63) is 153 Å². The summed E-state index contributed by atoms with van der Waals surface area (Å²) in [4.78, 5) is 194. The number of phenols is 2. The topological polar surface area (TPSA) is 682 Å². The van der Waals surface area contributed by atoms with E-state index in [1.165, 1.54) is 50.8 Å². The van der Waals surface area contributed by atoms with Crippen LogP contribution in [0.5, 0.6) is 11.5 Å². The minimum Gasteiger partial charge on any atom is -0.691 e. The number of nitrogens with zero attached hydrogens (tertiary/aromatic N) is 5. The molecule has 0 aliphatic heterocycles. The standard InChI is InChI=1S/C23H31N3O7.C22H26F2N2O8.C22H29N3O10S.C22H28N2O8/c1-4-26(14-21(28)29)18(23(31)32)7-5-6-10-24-20(27)11-15-12-22(30)33-19-13-16(25(2)3)8-9-17(15)19;1-3-26(10-17(28)29)15(21(31)32)6-4-5-7-25-16(27)9-13-11(2)12-8-14(23)19(30)18(24)20(12)34-22(13)33;1-3-25(11-20(27)28)16(21(29)30)6-4-5-7-24-19(26)9-14-12(2)13-8-18(36-35-34-32)15(23)10-17(13)33-22(14)31;1-3-24(12-20(27)28)17(21(29)30)6-4-5-9-23-19(26)11-16-13(2)15-8-7-14(25)10-18(15)32-22(16)31/h8-9,12-13,18H,4-7,10-11,14H2,1-3H3,(H,24,27)(H,28,29)(H,31,32);8,15,30H,3-7,9-10H2,1-2H3,(H,25,27)(H,28,29)(H,31,32);8,10,16,32H,3-7,9,11,23H2,1-2H3,(H,24,26)(H,27,28)(H,29,30);7-8,10,17,25H,3-6,9,11-12H2,1-2H3,(H,23,26)(H,27,28)(H,29,30)/p-9. The van der Waals surface area contributed by atoms with Crippen molar-refractivity contribution in [1.82, 2.24) is 40.9 Å². The first-order chi connectivity index (χ1) is 63.8. The maximum absolute atomic E-state index is 14.0. The Hall–Kier alpha value is -13.5. The van der Waals surface area contributed by atoms with E-state index in [1.807, 2.05) is 31.1 Å². The van der Waals surface area contributed by atoms with E-state index in [4.69, 9.17) is 23.4 Å². The third-order valence-corrected chi connectivity index (χ3v) is 22.3. The molecule has 4 aromatic carbocycles. The van der Waals surface area contributed by atoms with Gasteiger partial charge in [0.05, 0.1) is 113 Å². The number of likely N-dealkylation sites (N-methyl/N-ethyl adjacent to an activating group) is 4. The van der Waals surface area contributed by atoms with Crippen LogP contribution >= 0.6 is 12.0 Å². The lowest BCUT2D eigenvalue weighted by Crippen LogP contribution is -2.51. The first-order valence-electron chi connectivity index (χ1n) is 42.6. The van der Waals surface area contributed by atoms with Gasteiger partial charge in [0, 0.05) is 142 Å². The van der Waals surface area contributed by atoms with Crippen molar-refractivity contribution in [1.29, 1.82) is 0 Å². The smallest absolute Gasteiger partial charge is 0.340 e. The fourth-order valence-electron chi connectivity index (χ4n) is 14.5. The molecule has 4 atom stereocenters. The van der Waals surface area contributed by atoms with Crippen LogP contribution in [-0.2, 0) is 92.6 Å². The summed E-state index contributed by atoms with van der Waals surface area (Å²) in [7, 11) is 3.74. The number of phenolic OH excluding ortho intramolecular Hbond substituents is 2. The van der Waals surface area contributed by atoms with Crippen molar-refractivity contribution >= 4 is 139 Å². The van der Waals surface area contributed by atoms with E-state index in [2.05, 4.69) is 30.6 Å². The summed E-state index contributed by atoms with van der Waals surface area (Å²) in [5, 5.41) is 133. The number of carbonyl (C=O) groups is 12. The Morgan fingerprint density at radius 2 is 0.800 bits per heavy atom. The summed E-state index contributed by atoms with van der Waals surface area (Å²) in [5.41, 5.74) is 6.27. The first-order valence-corrected chi connectivity index (χ1v) is 43.3. The molecule has 0 aliphatic carbocycles. The van der Waals surface area contributed by atoms with Crippen molar-refractivity contribution in [2.75, 3.05) is 103 Å². The average molecular weight is 1910 g/mol. The van der Waals surface area contributed by atoms with Crippen LogP contribution in [0.2, 0.25) is 0 Å². The number of fused-ring (bicyclic) bond motifs is 4. The van der Waals surface area contributed by atoms with Gasteiger partial charge in [-0.15, -0.1) is 0 Å². The zero-order chi connectivity index (χ0) is 101. The maximum atomic E-state index is 14.0. The predicted octanol–water partition coefficient (Wildman–Crippen LogP) is -5.26. The molecular formula is C89H105F2N10O33S-9. The quantitative estimate of drug-likeness (QED) is 0.00468. The van der Waals surface area contributed by atoms with Crippen LogP contribution in [0.3, 0.4) is 0 Å². The van der Waals surface area contributed by atoms with Crippen molar-refractivity contribution in [3.63, 3.8) is 0 Å². The largest absolute Gasteiger partial charge is 0.691 e. The van der Waals surface area contributed by atoms with E-state index in [1.54, 1.807) is 59.7 Å². The predicted molar refractivity (Wildman–Crippen MR) is 461 cm³/mol. The fraction of sp³-hybridized carbons (Fsp3) is 0.461. The molecule has 0 saturated heterocycles. The number of rotatable bonds is 52. The number of unbranched alkanes of at least 4 members (excludes halogenated alkanes) is 4. The number of nitrogens with one attached hydrogen (secondary N) is 4. The molecule has 0 spiro atoms. The van der Waals surface area contributed by atoms with Crippen molar-refractivity contribution in [2.24, 2.45) is 0 Å². The summed E-state index contributed by atoms with van der Waals surface area (Å²) >= 11 is 0.585. The molecule has 8 rings (SSSR count). The fourth-order valence-corrected chi connectivity index (χ4v) is 15.0. The number of nitrogens with two attached hydrogens (primary N) is 1. The first kappa shape index (κ1) is 112. The van der Waals surface area contributed by atoms with Gasteiger partial charge >= 0.3 is 22.5 Å². The van der Waals surface area contributed by atoms with Crippen molar-refractivity contribution in [3.8, 4) is 11.5 Å². The summed E-state index contributed by atoms with van der Waals surface area (Å²) < 4.78 is 52.6. The number of carboxylic acid groups (broad SMARTS) is 8. The van der Waals surface area contributed by atoms with Crippen LogP contribution in [0, 0.1) is 32.4 Å². The minimum atomic E-state index is -1.41. The van der Waals surface area contributed by atoms with Gasteiger partial charge in [0.25, 0.3) is 0 Å². The Morgan fingerprint density at radius 3 is 1.17 bits per heavy atom. The van der Waals surface area contributed by atoms with Crippen LogP contribution in [0.4, 0.5) is 20.2 Å². The number of halogens is 2. The van der Waals surface area contributed by atoms with Crippen LogP contribution in [0.1, 0.15) is 144 Å². The average Bonchev–Trinajstić information content (AvgIpc) is 0.769. The number of nitrogen functional groups attached to an aromatic ring is 1. The van der Waals surface area contributed by atoms with Gasteiger partial charge in [-0.25, -0.2) is 23.6 Å². The number of aliphatic carboxylic acids is 8. The number of carbonyl (C=O) groups excluding carboxylic acids is 12. The second-order valence-electron chi connectivity index (χ2n) is 31.0. The molecule has 0 saturated carbocycles. The van der Waals surface area contributed by atoms with Crippen LogP contribution in [-0.4, -0.2) is 218 Å². The molecule has 4 amide bonds. The van der Waals surface area contributed by atoms with E-state index in [0.29, 0.717) is 113 Å². The second-order valence-corrected chi connectivity index (χ2v) is 31.7. The lowest BCUT2D eigenvalue weighted by atomic mass is 10.0. The van der Waals surface area contributed by atoms with Gasteiger partial charge in [0.15, 0.2) is 17.1 Å². The van der Waals surface area contributed by atoms with Gasteiger partial charge in [-0.3, -0.25) is 43.8 Å². The number of amides is 4. The lowest BCUT2D eigenvalue weighted by molar-refractivity contribution is -0.777. The molecule has 0 aliphatic rings. The van der Waals surface area contributed by atoms with Gasteiger partial charge in [-0.2, -0.15) is 8.72 Å². The molecular weight excluding hydrogens is 1810 g/mol. The summed E-state index contributed by atoms with van der Waals surface area (Å²) in [6, 6.07) is 10.6. The van der Waals surface area contributed by atoms with Gasteiger partial charge < -0.3 is 144 Å². The molecule has 8 aromatic rings. The second kappa shape index (κ2) is 55.2. The third-order valence-electron chi connectivity index (χ3n) is 21.7. The monoisotopic (exact) mass is 1910 g/mol. The highest BCUT2D eigenvalue weighted by molar-refractivity contribution is 7.94. The van der Waals surface area contributed by atoms with Crippen LogP contribution < -0.4 is 101 Å². The van der Waals surface area contributed by atoms with E-state index < -0.39 is 162 Å². The van der Waals surface area contributed by atoms with Crippen molar-refractivity contribution < 1.29 is 150 Å². The normalized spacial score (nSPS) is 12.1. The van der Waals surface area contributed by atoms with Gasteiger partial charge in [0.1, 0.15) is 22.5 Å². The van der Waals surface area contributed by atoms with Gasteiger partial charge in [-0.1, -0.05) is 27.7 Å². The molecule has 0 fully saturated rings. The number of aryl methyl sites for hydroxylation is 3. The molecule has 4 aromatic heterocycles. The number of aromatic hydroxyl groups is 2. The van der Waals surface area contributed by atoms with Crippen LogP contribution in [0.25, 0.3) is 43.9 Å². The highest BCUT2D eigenvalue weighted by atomic mass is 32.2. The molecule has 0 bridgehead atoms. The minimum absolute atomic E-state index is 0.000304. The Balaban J connectivity index is 0.000000318. The summed E-state index contributed by atoms with van der Waals surface area (Å²) in [6.45, 7) is 11.0. The van der Waals surface area contributed by atoms with Gasteiger partial charge in [0.2, 0.25) is 29.4 Å². The van der Waals surface area contributed by atoms with E-state index >= 15 is 0 Å². The van der Waals surface area contributed by atoms with E-state index in [9.17, 15) is 142 Å². The molecule has 8 N–H and O–H groups in total. The van der Waals surface area contributed by atoms with E-state index in [-0.39, 0.29) is 153 Å². The molecule has 4 heterocycles. The van der Waals surface area contributed by atoms with E-state index in [0.717, 1.165) is 11.8 Å². The van der Waals surface area contributed by atoms with Crippen molar-refractivity contribution in [2.45, 2.75) is 180 Å². The number of benzene rings is 4. The van der Waals surface area contributed by atoms with Crippen LogP contribution in [0.15, 0.2) is 102 Å². The van der Waals surface area contributed by atoms with Gasteiger partial charge in [-0.05, 0) is 183 Å². The lowest BCUT2D eigenvalue weighted by Gasteiger charge is -2.31. The third kappa shape index (κ3) is 34.8. The molecule has 0 radical (unpaired) electrons. The molecule has 46 heteroatoms. The zero-order valence-corrected chi connectivity index (χ0v) is 76.2. The summed E-state index contributed by atoms with van der Waals surface area (Å²) in [6.07, 6.45) is 3.07. The number of hydrogen-bond donors (Lipinski definition) is 7. The Labute approximate surface area is 773 Å². The number of hydrogen-bond acceptors (Lipinski definition) is 40. The Morgan fingerprint density at radius 1 is 0.444 bits per heavy atom. The zero-order valence-electron chi connectivity index (χ0n) is 75.4. The highest BCUT2D eigenvalue weighted by Crippen LogP contribution is 2.34.